The minimum Gasteiger partial charge on any atom is -0.463 e. The number of imidazole rings is 1. The van der Waals surface area contributed by atoms with Crippen LogP contribution in [0.3, 0.4) is 0 Å². The molecule has 2 heterocycles. The van der Waals surface area contributed by atoms with Gasteiger partial charge in [-0.15, -0.1) is 0 Å². The molecule has 13 nitrogen and oxygen atoms in total. The van der Waals surface area contributed by atoms with Crippen molar-refractivity contribution in [3.8, 4) is 0 Å². The number of carbonyl (C=O) groups excluding carboxylic acids is 2. The molecular weight excluding hydrogens is 525 g/mol. The zero-order valence-corrected chi connectivity index (χ0v) is 24.4. The first-order valence-electron chi connectivity index (χ1n) is 13.5. The zero-order chi connectivity index (χ0) is 28.6. The lowest BCUT2D eigenvalue weighted by Crippen LogP contribution is -2.41. The number of rotatable bonds is 14. The molecule has 0 aliphatic heterocycles. The van der Waals surface area contributed by atoms with E-state index in [4.69, 9.17) is 19.9 Å². The van der Waals surface area contributed by atoms with Crippen LogP contribution in [0, 0.1) is 5.92 Å². The Morgan fingerprint density at radius 2 is 1.82 bits per heavy atom. The highest BCUT2D eigenvalue weighted by Gasteiger charge is 2.31. The first-order valence-corrected chi connectivity index (χ1v) is 15.4. The van der Waals surface area contributed by atoms with Crippen LogP contribution in [0.2, 0.25) is 0 Å². The van der Waals surface area contributed by atoms with Gasteiger partial charge in [0.05, 0.1) is 31.0 Å². The molecule has 2 aromatic rings. The van der Waals surface area contributed by atoms with Crippen LogP contribution >= 0.6 is 7.44 Å². The van der Waals surface area contributed by atoms with Gasteiger partial charge in [-0.25, -0.2) is 20.0 Å². The summed E-state index contributed by atoms with van der Waals surface area (Å²) >= 11 is 0. The van der Waals surface area contributed by atoms with Gasteiger partial charge in [-0.1, -0.05) is 13.3 Å². The second-order valence-electron chi connectivity index (χ2n) is 10.5. The van der Waals surface area contributed by atoms with Gasteiger partial charge in [0.2, 0.25) is 7.44 Å². The third-order valence-corrected chi connectivity index (χ3v) is 8.43. The molecule has 2 aromatic heterocycles. The molecular formula is C25H42N7O6P. The number of nitrogens with two attached hydrogens (primary N) is 1. The van der Waals surface area contributed by atoms with E-state index in [2.05, 4.69) is 25.1 Å². The van der Waals surface area contributed by atoms with E-state index in [1.54, 1.807) is 38.6 Å². The third-order valence-electron chi connectivity index (χ3n) is 6.42. The molecule has 0 saturated heterocycles. The van der Waals surface area contributed by atoms with Crippen molar-refractivity contribution in [2.75, 3.05) is 18.6 Å². The van der Waals surface area contributed by atoms with E-state index in [0.29, 0.717) is 17.7 Å². The fraction of sp³-hybridized carbons (Fsp3) is 0.720. The van der Waals surface area contributed by atoms with E-state index in [0.717, 1.165) is 32.1 Å². The van der Waals surface area contributed by atoms with Crippen molar-refractivity contribution < 1.29 is 28.4 Å². The van der Waals surface area contributed by atoms with Crippen LogP contribution in [0.1, 0.15) is 66.7 Å². The summed E-state index contributed by atoms with van der Waals surface area (Å²) in [6, 6.07) is -0.848. The lowest BCUT2D eigenvalue weighted by Gasteiger charge is -2.28. The summed E-state index contributed by atoms with van der Waals surface area (Å²) in [5, 5.41) is 5.85. The fourth-order valence-electron chi connectivity index (χ4n) is 4.25. The third kappa shape index (κ3) is 9.23. The Hall–Kier alpha value is -2.60. The molecule has 0 amide bonds. The predicted molar refractivity (Wildman–Crippen MR) is 147 cm³/mol. The van der Waals surface area contributed by atoms with E-state index >= 15 is 0 Å². The number of hydrogen-bond donors (Lipinski definition) is 3. The zero-order valence-electron chi connectivity index (χ0n) is 23.5. The van der Waals surface area contributed by atoms with Crippen LogP contribution in [0.15, 0.2) is 12.7 Å². The molecule has 39 heavy (non-hydrogen) atoms. The average Bonchev–Trinajstić information content (AvgIpc) is 3.30. The SMILES string of the molecule is CC(C)OC(=O)[C@@H](C)CN[P@](=O)(CO[C@H](C)Cn1cnc2c(N)ncnc21)N[C@H](C)C(=O)OC1CCCCC1. The lowest BCUT2D eigenvalue weighted by atomic mass is 9.98. The van der Waals surface area contributed by atoms with E-state index in [1.165, 1.54) is 6.33 Å². The van der Waals surface area contributed by atoms with Crippen molar-refractivity contribution in [1.82, 2.24) is 29.7 Å². The molecule has 3 rings (SSSR count). The Balaban J connectivity index is 1.64. The maximum atomic E-state index is 14.0. The molecule has 0 spiro atoms. The van der Waals surface area contributed by atoms with E-state index < -0.39 is 37.4 Å². The summed E-state index contributed by atoms with van der Waals surface area (Å²) in [5.74, 6) is -1.15. The van der Waals surface area contributed by atoms with Crippen molar-refractivity contribution in [2.24, 2.45) is 5.92 Å². The Bertz CT molecular complexity index is 1150. The number of aromatic nitrogens is 4. The number of nitrogen functional groups attached to an aromatic ring is 1. The van der Waals surface area contributed by atoms with E-state index in [-0.39, 0.29) is 30.9 Å². The fourth-order valence-corrected chi connectivity index (χ4v) is 6.28. The molecule has 1 fully saturated rings. The Morgan fingerprint density at radius 3 is 2.51 bits per heavy atom. The summed E-state index contributed by atoms with van der Waals surface area (Å²) in [4.78, 5) is 37.5. The average molecular weight is 568 g/mol. The highest BCUT2D eigenvalue weighted by molar-refractivity contribution is 7.59. The van der Waals surface area contributed by atoms with E-state index in [1.807, 2.05) is 6.92 Å². The molecule has 1 aliphatic carbocycles. The van der Waals surface area contributed by atoms with Gasteiger partial charge in [0.1, 0.15) is 30.3 Å². The minimum atomic E-state index is -3.51. The van der Waals surface area contributed by atoms with Gasteiger partial charge in [0.15, 0.2) is 11.5 Å². The van der Waals surface area contributed by atoms with Gasteiger partial charge >= 0.3 is 11.9 Å². The smallest absolute Gasteiger partial charge is 0.323 e. The van der Waals surface area contributed by atoms with Crippen molar-refractivity contribution in [3.63, 3.8) is 0 Å². The van der Waals surface area contributed by atoms with Crippen LogP contribution in [-0.4, -0.2) is 68.7 Å². The summed E-state index contributed by atoms with van der Waals surface area (Å²) in [6.07, 6.45) is 6.82. The number of hydrogen-bond acceptors (Lipinski definition) is 10. The van der Waals surface area contributed by atoms with Crippen LogP contribution < -0.4 is 15.9 Å². The number of esters is 2. The van der Waals surface area contributed by atoms with Crippen LogP contribution in [0.4, 0.5) is 5.82 Å². The number of nitrogens with zero attached hydrogens (tertiary/aromatic N) is 4. The highest BCUT2D eigenvalue weighted by Crippen LogP contribution is 2.38. The molecule has 218 valence electrons. The lowest BCUT2D eigenvalue weighted by molar-refractivity contribution is -0.152. The number of fused-ring (bicyclic) bond motifs is 1. The van der Waals surface area contributed by atoms with Crippen molar-refractivity contribution in [3.05, 3.63) is 12.7 Å². The van der Waals surface area contributed by atoms with Crippen molar-refractivity contribution >= 4 is 36.4 Å². The monoisotopic (exact) mass is 567 g/mol. The maximum Gasteiger partial charge on any atom is 0.323 e. The number of anilines is 1. The summed E-state index contributed by atoms with van der Waals surface area (Å²) in [7, 11) is -3.51. The number of ether oxygens (including phenoxy) is 3. The van der Waals surface area contributed by atoms with E-state index in [9.17, 15) is 14.2 Å². The molecule has 1 aliphatic rings. The van der Waals surface area contributed by atoms with Crippen molar-refractivity contribution in [2.45, 2.75) is 97.6 Å². The van der Waals surface area contributed by atoms with Crippen molar-refractivity contribution in [1.29, 1.82) is 0 Å². The molecule has 0 bridgehead atoms. The van der Waals surface area contributed by atoms with Gasteiger partial charge in [0, 0.05) is 6.54 Å². The van der Waals surface area contributed by atoms with Crippen LogP contribution in [0.5, 0.6) is 0 Å². The standard InChI is InChI=1S/C25H42N7O6P/c1-16(2)37-24(33)17(3)11-30-39(35,31-19(5)25(34)38-20-9-7-6-8-10-20)15-36-18(4)12-32-14-29-21-22(26)27-13-28-23(21)32/h13-14,16-20H,6-12,15H2,1-5H3,(H2,26,27,28)(H2,30,31,35)/t17-,18+,19+,39+/m0/s1. The van der Waals surface area contributed by atoms with Crippen LogP contribution in [0.25, 0.3) is 11.2 Å². The first-order chi connectivity index (χ1) is 18.5. The number of nitrogens with one attached hydrogen (secondary N) is 2. The molecule has 4 atom stereocenters. The highest BCUT2D eigenvalue weighted by atomic mass is 31.2. The molecule has 0 unspecified atom stereocenters. The largest absolute Gasteiger partial charge is 0.463 e. The topological polar surface area (TPSA) is 173 Å². The second kappa shape index (κ2) is 14.2. The summed E-state index contributed by atoms with van der Waals surface area (Å²) in [5.41, 5.74) is 6.92. The Kier molecular flexibility index (Phi) is 11.2. The number of carbonyl (C=O) groups is 2. The molecule has 0 radical (unpaired) electrons. The Labute approximate surface area is 229 Å². The van der Waals surface area contributed by atoms with Gasteiger partial charge in [0.25, 0.3) is 0 Å². The quantitative estimate of drug-likeness (QED) is 0.225. The molecule has 4 N–H and O–H groups in total. The maximum absolute atomic E-state index is 14.0. The van der Waals surface area contributed by atoms with Gasteiger partial charge in [-0.2, -0.15) is 0 Å². The van der Waals surface area contributed by atoms with Gasteiger partial charge in [-0.3, -0.25) is 19.2 Å². The molecule has 14 heteroatoms. The normalized spacial score (nSPS) is 18.4. The second-order valence-corrected chi connectivity index (χ2v) is 12.8. The summed E-state index contributed by atoms with van der Waals surface area (Å²) < 4.78 is 32.6. The van der Waals surface area contributed by atoms with Gasteiger partial charge < -0.3 is 24.5 Å². The first kappa shape index (κ1) is 30.9. The minimum absolute atomic E-state index is 0.0698. The molecule has 1 saturated carbocycles. The predicted octanol–water partition coefficient (Wildman–Crippen LogP) is 3.00. The summed E-state index contributed by atoms with van der Waals surface area (Å²) in [6.45, 7) is 9.09. The Morgan fingerprint density at radius 1 is 1.10 bits per heavy atom. The van der Waals surface area contributed by atoms with Gasteiger partial charge in [-0.05, 0) is 53.4 Å². The van der Waals surface area contributed by atoms with Crippen LogP contribution in [-0.2, 0) is 34.9 Å². The molecule has 0 aromatic carbocycles.